The van der Waals surface area contributed by atoms with Crippen LogP contribution in [0.4, 0.5) is 0 Å². The molecule has 11 heteroatoms. The second-order valence-corrected chi connectivity index (χ2v) is 17.0. The van der Waals surface area contributed by atoms with Gasteiger partial charge in [0.15, 0.2) is 0 Å². The van der Waals surface area contributed by atoms with Gasteiger partial charge in [-0.1, -0.05) is 12.1 Å². The number of ether oxygens (including phenoxy) is 2. The van der Waals surface area contributed by atoms with E-state index in [4.69, 9.17) is 9.47 Å². The molecule has 6 heterocycles. The van der Waals surface area contributed by atoms with Crippen LogP contribution >= 0.6 is 0 Å². The highest BCUT2D eigenvalue weighted by atomic mass is 16.5. The molecule has 2 unspecified atom stereocenters. The van der Waals surface area contributed by atoms with Crippen molar-refractivity contribution in [3.8, 4) is 11.8 Å². The van der Waals surface area contributed by atoms with Gasteiger partial charge in [0, 0.05) is 74.5 Å². The first kappa shape index (κ1) is 39.3. The predicted molar refractivity (Wildman–Crippen MR) is 209 cm³/mol. The van der Waals surface area contributed by atoms with Gasteiger partial charge in [-0.2, -0.15) is 0 Å². The van der Waals surface area contributed by atoms with Gasteiger partial charge in [-0.25, -0.2) is 9.97 Å². The Morgan fingerprint density at radius 2 is 1.02 bits per heavy atom. The first-order valence-electron chi connectivity index (χ1n) is 19.6. The Morgan fingerprint density at radius 3 is 1.37 bits per heavy atom. The minimum absolute atomic E-state index is 0.0935. The fourth-order valence-corrected chi connectivity index (χ4v) is 7.95. The summed E-state index contributed by atoms with van der Waals surface area (Å²) in [6.07, 6.45) is 19.5. The lowest BCUT2D eigenvalue weighted by Gasteiger charge is -2.40. The predicted octanol–water partition coefficient (Wildman–Crippen LogP) is 6.82. The van der Waals surface area contributed by atoms with Crippen molar-refractivity contribution >= 4 is 5.78 Å². The number of hydrogen-bond donors (Lipinski definition) is 0. The van der Waals surface area contributed by atoms with Crippen LogP contribution in [-0.4, -0.2) is 82.9 Å². The maximum atomic E-state index is 15.2. The van der Waals surface area contributed by atoms with Crippen LogP contribution in [0.3, 0.4) is 0 Å². The van der Waals surface area contributed by atoms with Crippen LogP contribution in [0.1, 0.15) is 89.7 Å². The summed E-state index contributed by atoms with van der Waals surface area (Å²) in [4.78, 5) is 47.2. The number of ketones is 1. The molecule has 6 rings (SSSR count). The second-order valence-electron chi connectivity index (χ2n) is 17.0. The Kier molecular flexibility index (Phi) is 13.0. The first-order chi connectivity index (χ1) is 25.9. The number of nitrogens with zero attached hydrogens (tertiary/aromatic N) is 8. The molecule has 0 radical (unpaired) electrons. The van der Waals surface area contributed by atoms with Crippen molar-refractivity contribution in [2.24, 2.45) is 23.7 Å². The number of Topliss-reactive ketones (excluding diaryl/α,β-unsaturated/α-hetero) is 1. The monoisotopic (exact) mass is 734 g/mol. The molecule has 288 valence electrons. The van der Waals surface area contributed by atoms with Crippen LogP contribution < -0.4 is 9.47 Å². The van der Waals surface area contributed by atoms with E-state index in [0.29, 0.717) is 43.5 Å². The van der Waals surface area contributed by atoms with E-state index >= 15 is 4.79 Å². The molecule has 0 N–H and O–H groups in total. The number of carbonyl (C=O) groups is 1. The normalized spacial score (nSPS) is 17.9. The fraction of sp³-hybridized carbons (Fsp3) is 0.558. The van der Waals surface area contributed by atoms with Gasteiger partial charge >= 0.3 is 0 Å². The van der Waals surface area contributed by atoms with Crippen LogP contribution in [0.15, 0.2) is 73.8 Å². The molecule has 2 atom stereocenters. The summed E-state index contributed by atoms with van der Waals surface area (Å²) in [6, 6.07) is 8.20. The number of carbonyl (C=O) groups excluding carboxylic acids is 1. The Hall–Kier alpha value is -4.35. The van der Waals surface area contributed by atoms with E-state index in [2.05, 4.69) is 51.8 Å². The molecule has 0 amide bonds. The van der Waals surface area contributed by atoms with Gasteiger partial charge in [0.2, 0.25) is 11.8 Å². The van der Waals surface area contributed by atoms with Crippen molar-refractivity contribution in [3.05, 3.63) is 96.4 Å². The lowest BCUT2D eigenvalue weighted by Crippen LogP contribution is -2.44. The quantitative estimate of drug-likeness (QED) is 0.136. The van der Waals surface area contributed by atoms with Crippen molar-refractivity contribution in [1.82, 2.24) is 39.7 Å². The van der Waals surface area contributed by atoms with Gasteiger partial charge in [-0.15, -0.1) is 0 Å². The Bertz CT molecular complexity index is 1630. The SMILES string of the molecule is CC(C)(C)Oc1nccnc1CN1CCC(C(Cc2cccnc2)C(=O)C(Cc2cccnc2)C2CCN(Cc3nccnc3OC(C)(C)C)CC2)CC1. The number of likely N-dealkylation sites (tertiary alicyclic amines) is 2. The van der Waals surface area contributed by atoms with Crippen LogP contribution in [0, 0.1) is 23.7 Å². The van der Waals surface area contributed by atoms with E-state index < -0.39 is 0 Å². The van der Waals surface area contributed by atoms with E-state index in [1.54, 1.807) is 37.2 Å². The second kappa shape index (κ2) is 17.9. The van der Waals surface area contributed by atoms with Crippen molar-refractivity contribution in [1.29, 1.82) is 0 Å². The van der Waals surface area contributed by atoms with Crippen molar-refractivity contribution in [2.45, 2.75) is 104 Å². The smallest absolute Gasteiger partial charge is 0.237 e. The maximum Gasteiger partial charge on any atom is 0.237 e. The third-order valence-corrected chi connectivity index (χ3v) is 10.5. The standard InChI is InChI=1S/C43H58N8O3/c1-42(2,3)53-40-37(46-17-19-48-40)29-50-21-11-33(12-22-50)35(25-31-9-7-15-44-27-31)39(52)36(26-32-10-8-16-45-28-32)34-13-23-51(24-14-34)30-38-41(49-20-18-47-38)54-43(4,5)6/h7-10,15-20,27-28,33-36H,11-14,21-26,29-30H2,1-6H3. The molecule has 11 nitrogen and oxygen atoms in total. The van der Waals surface area contributed by atoms with E-state index in [9.17, 15) is 0 Å². The van der Waals surface area contributed by atoms with Gasteiger partial charge in [-0.05, 0) is 141 Å². The molecule has 0 aliphatic carbocycles. The van der Waals surface area contributed by atoms with Crippen LogP contribution in [0.25, 0.3) is 0 Å². The third kappa shape index (κ3) is 11.3. The van der Waals surface area contributed by atoms with E-state index in [1.807, 2.05) is 66.1 Å². The van der Waals surface area contributed by atoms with Crippen LogP contribution in [0.2, 0.25) is 0 Å². The Morgan fingerprint density at radius 1 is 0.630 bits per heavy atom. The summed E-state index contributed by atoms with van der Waals surface area (Å²) in [5.41, 5.74) is 3.23. The minimum Gasteiger partial charge on any atom is -0.471 e. The average Bonchev–Trinajstić information content (AvgIpc) is 3.15. The van der Waals surface area contributed by atoms with Gasteiger partial charge < -0.3 is 9.47 Å². The van der Waals surface area contributed by atoms with E-state index in [-0.39, 0.29) is 34.9 Å². The Labute approximate surface area is 321 Å². The number of hydrogen-bond acceptors (Lipinski definition) is 11. The van der Waals surface area contributed by atoms with E-state index in [0.717, 1.165) is 74.4 Å². The number of piperidine rings is 2. The molecule has 54 heavy (non-hydrogen) atoms. The molecule has 4 aromatic heterocycles. The summed E-state index contributed by atoms with van der Waals surface area (Å²) >= 11 is 0. The largest absolute Gasteiger partial charge is 0.471 e. The van der Waals surface area contributed by atoms with Crippen LogP contribution in [0.5, 0.6) is 11.8 Å². The lowest BCUT2D eigenvalue weighted by molar-refractivity contribution is -0.131. The summed E-state index contributed by atoms with van der Waals surface area (Å²) in [7, 11) is 0. The van der Waals surface area contributed by atoms with Crippen molar-refractivity contribution < 1.29 is 14.3 Å². The minimum atomic E-state index is -0.359. The fourth-order valence-electron chi connectivity index (χ4n) is 7.95. The molecule has 0 aromatic carbocycles. The highest BCUT2D eigenvalue weighted by Gasteiger charge is 2.39. The van der Waals surface area contributed by atoms with Crippen LogP contribution in [-0.2, 0) is 30.7 Å². The molecule has 2 fully saturated rings. The number of rotatable bonds is 14. The zero-order valence-corrected chi connectivity index (χ0v) is 33.0. The summed E-state index contributed by atoms with van der Waals surface area (Å²) in [6.45, 7) is 17.1. The Balaban J connectivity index is 1.17. The summed E-state index contributed by atoms with van der Waals surface area (Å²) in [5, 5.41) is 0. The number of pyridine rings is 2. The molecular weight excluding hydrogens is 677 g/mol. The highest BCUT2D eigenvalue weighted by Crippen LogP contribution is 2.37. The van der Waals surface area contributed by atoms with Gasteiger partial charge in [0.1, 0.15) is 28.4 Å². The molecule has 2 aliphatic rings. The molecule has 0 saturated carbocycles. The van der Waals surface area contributed by atoms with Gasteiger partial charge in [0.05, 0.1) is 0 Å². The van der Waals surface area contributed by atoms with Crippen molar-refractivity contribution in [2.75, 3.05) is 26.2 Å². The van der Waals surface area contributed by atoms with Crippen molar-refractivity contribution in [3.63, 3.8) is 0 Å². The molecule has 2 saturated heterocycles. The summed E-state index contributed by atoms with van der Waals surface area (Å²) in [5.74, 6) is 1.94. The topological polar surface area (TPSA) is 119 Å². The molecule has 0 bridgehead atoms. The number of aromatic nitrogens is 6. The van der Waals surface area contributed by atoms with E-state index in [1.165, 1.54) is 0 Å². The maximum absolute atomic E-state index is 15.2. The third-order valence-electron chi connectivity index (χ3n) is 10.5. The molecule has 2 aliphatic heterocycles. The molecular formula is C43H58N8O3. The molecule has 4 aromatic rings. The lowest BCUT2D eigenvalue weighted by atomic mass is 9.69. The highest BCUT2D eigenvalue weighted by molar-refractivity contribution is 5.84. The van der Waals surface area contributed by atoms with Gasteiger partial charge in [0.25, 0.3) is 0 Å². The zero-order valence-electron chi connectivity index (χ0n) is 33.0. The molecule has 0 spiro atoms. The zero-order chi connectivity index (χ0) is 38.1. The van der Waals surface area contributed by atoms with Gasteiger partial charge in [-0.3, -0.25) is 34.5 Å². The summed E-state index contributed by atoms with van der Waals surface area (Å²) < 4.78 is 12.3. The first-order valence-corrected chi connectivity index (χ1v) is 19.6. The average molecular weight is 735 g/mol.